The molecule has 1 aromatic carbocycles. The van der Waals surface area contributed by atoms with Crippen molar-refractivity contribution in [1.82, 2.24) is 0 Å². The first-order chi connectivity index (χ1) is 12.8. The van der Waals surface area contributed by atoms with Gasteiger partial charge in [-0.3, -0.25) is 0 Å². The second-order valence-corrected chi connectivity index (χ2v) is 9.31. The molecule has 0 aliphatic heterocycles. The van der Waals surface area contributed by atoms with E-state index in [4.69, 9.17) is 4.74 Å². The Morgan fingerprint density at radius 2 is 1.50 bits per heavy atom. The number of ether oxygens (including phenoxy) is 1. The molecule has 0 radical (unpaired) electrons. The van der Waals surface area contributed by atoms with Crippen LogP contribution in [0.3, 0.4) is 0 Å². The predicted molar refractivity (Wildman–Crippen MR) is 111 cm³/mol. The Labute approximate surface area is 194 Å². The molecule has 0 spiro atoms. The van der Waals surface area contributed by atoms with E-state index in [1.165, 1.54) is 51.0 Å². The van der Waals surface area contributed by atoms with E-state index in [1.807, 2.05) is 6.07 Å². The van der Waals surface area contributed by atoms with Crippen molar-refractivity contribution in [2.24, 2.45) is 0 Å². The molecular weight excluding hydrogens is 383 g/mol. The van der Waals surface area contributed by atoms with Gasteiger partial charge in [0.1, 0.15) is 22.0 Å². The largest absolute Gasteiger partial charge is 1.00 e. The van der Waals surface area contributed by atoms with E-state index in [0.717, 1.165) is 37.0 Å². The van der Waals surface area contributed by atoms with Crippen LogP contribution in [0.5, 0.6) is 5.75 Å². The molecule has 0 heterocycles. The van der Waals surface area contributed by atoms with Gasteiger partial charge in [0.05, 0.1) is 5.25 Å². The molecule has 1 aromatic rings. The second kappa shape index (κ2) is 14.8. The molecule has 0 bridgehead atoms. The van der Waals surface area contributed by atoms with Gasteiger partial charge in [-0.05, 0) is 56.7 Å². The van der Waals surface area contributed by atoms with Crippen LogP contribution < -0.4 is 34.3 Å². The molecule has 2 unspecified atom stereocenters. The van der Waals surface area contributed by atoms with Gasteiger partial charge in [-0.1, -0.05) is 64.5 Å². The van der Waals surface area contributed by atoms with Gasteiger partial charge in [0.2, 0.25) is 0 Å². The zero-order chi connectivity index (χ0) is 20.3. The van der Waals surface area contributed by atoms with Crippen molar-refractivity contribution in [3.63, 3.8) is 0 Å². The summed E-state index contributed by atoms with van der Waals surface area (Å²) >= 11 is 0. The normalized spacial score (nSPS) is 13.6. The Morgan fingerprint density at radius 1 is 0.929 bits per heavy atom. The predicted octanol–water partition coefficient (Wildman–Crippen LogP) is 2.64. The van der Waals surface area contributed by atoms with Crippen LogP contribution in [-0.2, 0) is 23.0 Å². The maximum Gasteiger partial charge on any atom is 1.00 e. The molecule has 4 nitrogen and oxygen atoms in total. The average molecular weight is 421 g/mol. The number of unbranched alkanes of at least 4 members (excludes halogenated alkanes) is 6. The third-order valence-electron chi connectivity index (χ3n) is 5.18. The van der Waals surface area contributed by atoms with Crippen LogP contribution in [-0.4, -0.2) is 24.3 Å². The van der Waals surface area contributed by atoms with Crippen LogP contribution in [0.2, 0.25) is 0 Å². The maximum absolute atomic E-state index is 11.3. The van der Waals surface area contributed by atoms with Crippen molar-refractivity contribution in [2.45, 2.75) is 103 Å². The summed E-state index contributed by atoms with van der Waals surface area (Å²) in [4.78, 5) is 0. The Kier molecular flexibility index (Phi) is 14.8. The van der Waals surface area contributed by atoms with Crippen LogP contribution in [0.1, 0.15) is 90.2 Å². The molecule has 156 valence electrons. The van der Waals surface area contributed by atoms with Crippen LogP contribution >= 0.6 is 0 Å². The second-order valence-electron chi connectivity index (χ2n) is 7.58. The van der Waals surface area contributed by atoms with Crippen LogP contribution in [0, 0.1) is 0 Å². The zero-order valence-corrected chi connectivity index (χ0v) is 21.3. The van der Waals surface area contributed by atoms with Gasteiger partial charge in [0.25, 0.3) is 0 Å². The molecule has 1 rings (SSSR count). The van der Waals surface area contributed by atoms with Crippen LogP contribution in [0.4, 0.5) is 0 Å². The minimum atomic E-state index is -4.36. The molecule has 0 fully saturated rings. The first-order valence-corrected chi connectivity index (χ1v) is 12.0. The number of rotatable bonds is 14. The van der Waals surface area contributed by atoms with Gasteiger partial charge in [0.15, 0.2) is 0 Å². The molecule has 0 aliphatic rings. The van der Waals surface area contributed by atoms with E-state index in [-0.39, 0.29) is 29.6 Å². The summed E-state index contributed by atoms with van der Waals surface area (Å²) in [6.07, 6.45) is 10.7. The number of benzene rings is 1. The third kappa shape index (κ3) is 10.6. The molecule has 28 heavy (non-hydrogen) atoms. The van der Waals surface area contributed by atoms with Crippen LogP contribution in [0.25, 0.3) is 0 Å². The fraction of sp³-hybridized carbons (Fsp3) is 0.727. The fourth-order valence-corrected chi connectivity index (χ4v) is 3.62. The standard InChI is InChI=1S/C22H38O4S.Na/c1-5-7-9-11-13-20-15-16-21(14-12-10-8-6-2)22(17-20)26-18(3)19(4)27(23,24)25;/h15-19H,5-14H2,1-4H3,(H,23,24,25);/q;+1/p-1. The SMILES string of the molecule is CCCCCCc1ccc(CCCCCC)c(OC(C)C(C)S(=O)(=O)[O-])c1.[Na+]. The van der Waals surface area contributed by atoms with E-state index in [0.29, 0.717) is 0 Å². The average Bonchev–Trinajstić information content (AvgIpc) is 2.62. The number of aryl methyl sites for hydroxylation is 2. The summed E-state index contributed by atoms with van der Waals surface area (Å²) in [7, 11) is -4.36. The van der Waals surface area contributed by atoms with Crippen molar-refractivity contribution < 1.29 is 47.3 Å². The van der Waals surface area contributed by atoms with E-state index in [9.17, 15) is 13.0 Å². The summed E-state index contributed by atoms with van der Waals surface area (Å²) in [6.45, 7) is 7.47. The minimum Gasteiger partial charge on any atom is -0.748 e. The van der Waals surface area contributed by atoms with Gasteiger partial charge in [-0.25, -0.2) is 8.42 Å². The van der Waals surface area contributed by atoms with Gasteiger partial charge in [-0.15, -0.1) is 0 Å². The Bertz CT molecular complexity index is 646. The summed E-state index contributed by atoms with van der Waals surface area (Å²) in [5.74, 6) is 0.738. The molecule has 0 saturated carbocycles. The zero-order valence-electron chi connectivity index (χ0n) is 18.5. The topological polar surface area (TPSA) is 66.4 Å². The Hall–Kier alpha value is -0.0700. The minimum absolute atomic E-state index is 0. The van der Waals surface area contributed by atoms with Gasteiger partial charge < -0.3 is 9.29 Å². The molecule has 0 saturated heterocycles. The molecule has 0 amide bonds. The molecule has 0 aliphatic carbocycles. The summed E-state index contributed by atoms with van der Waals surface area (Å²) in [6, 6.07) is 6.31. The fourth-order valence-electron chi connectivity index (χ4n) is 3.10. The van der Waals surface area contributed by atoms with Crippen molar-refractivity contribution >= 4 is 10.1 Å². The van der Waals surface area contributed by atoms with E-state index in [2.05, 4.69) is 26.0 Å². The maximum atomic E-state index is 11.3. The van der Waals surface area contributed by atoms with Gasteiger partial charge >= 0.3 is 29.6 Å². The first kappa shape index (κ1) is 27.9. The molecule has 6 heteroatoms. The number of hydrogen-bond acceptors (Lipinski definition) is 4. The molecule has 2 atom stereocenters. The van der Waals surface area contributed by atoms with Crippen molar-refractivity contribution in [3.8, 4) is 5.75 Å². The van der Waals surface area contributed by atoms with E-state index in [1.54, 1.807) is 6.92 Å². The monoisotopic (exact) mass is 420 g/mol. The summed E-state index contributed by atoms with van der Waals surface area (Å²) in [5, 5.41) is -1.07. The van der Waals surface area contributed by atoms with Gasteiger partial charge in [-0.2, -0.15) is 0 Å². The quantitative estimate of drug-likeness (QED) is 0.264. The van der Waals surface area contributed by atoms with Crippen molar-refractivity contribution in [2.75, 3.05) is 0 Å². The van der Waals surface area contributed by atoms with Gasteiger partial charge in [0, 0.05) is 0 Å². The van der Waals surface area contributed by atoms with E-state index < -0.39 is 21.5 Å². The molecule has 0 N–H and O–H groups in total. The molecule has 0 aromatic heterocycles. The Balaban J connectivity index is 0.00000729. The summed E-state index contributed by atoms with van der Waals surface area (Å²) in [5.41, 5.74) is 2.31. The first-order valence-electron chi connectivity index (χ1n) is 10.5. The Morgan fingerprint density at radius 3 is 2.04 bits per heavy atom. The smallest absolute Gasteiger partial charge is 0.748 e. The molecular formula is C22H37NaO4S. The third-order valence-corrected chi connectivity index (χ3v) is 6.47. The van der Waals surface area contributed by atoms with Crippen molar-refractivity contribution in [1.29, 1.82) is 0 Å². The van der Waals surface area contributed by atoms with Crippen LogP contribution in [0.15, 0.2) is 18.2 Å². The van der Waals surface area contributed by atoms with Crippen molar-refractivity contribution in [3.05, 3.63) is 29.3 Å². The van der Waals surface area contributed by atoms with E-state index >= 15 is 0 Å². The number of hydrogen-bond donors (Lipinski definition) is 0. The summed E-state index contributed by atoms with van der Waals surface area (Å²) < 4.78 is 40.0.